The van der Waals surface area contributed by atoms with Crippen LogP contribution in [0.5, 0.6) is 0 Å². The van der Waals surface area contributed by atoms with Crippen LogP contribution in [0, 0.1) is 0 Å². The molecule has 0 N–H and O–H groups in total. The number of benzene rings is 3. The number of hydrogen-bond donors (Lipinski definition) is 0. The lowest BCUT2D eigenvalue weighted by atomic mass is 10.0. The second-order valence-electron chi connectivity index (χ2n) is 6.78. The number of hydrogen-bond acceptors (Lipinski definition) is 1. The predicted molar refractivity (Wildman–Crippen MR) is 101 cm³/mol. The van der Waals surface area contributed by atoms with Gasteiger partial charge in [0.15, 0.2) is 0 Å². The fourth-order valence-electron chi connectivity index (χ4n) is 3.99. The zero-order valence-corrected chi connectivity index (χ0v) is 14.7. The van der Waals surface area contributed by atoms with Crippen molar-refractivity contribution in [3.05, 3.63) is 59.6 Å². The number of rotatable bonds is 0. The van der Waals surface area contributed by atoms with E-state index in [1.807, 2.05) is 18.2 Å². The molecule has 0 saturated heterocycles. The van der Waals surface area contributed by atoms with E-state index < -0.39 is 8.07 Å². The highest BCUT2D eigenvalue weighted by Crippen LogP contribution is 2.39. The largest absolute Gasteiger partial charge is 0.455 e. The molecule has 1 aliphatic heterocycles. The molecule has 23 heavy (non-hydrogen) atoms. The maximum absolute atomic E-state index is 6.26. The van der Waals surface area contributed by atoms with E-state index in [1.165, 1.54) is 21.5 Å². The summed E-state index contributed by atoms with van der Waals surface area (Å²) in [6.45, 7) is 4.84. The molecule has 1 nitrogen and oxygen atoms in total. The van der Waals surface area contributed by atoms with Crippen molar-refractivity contribution in [2.45, 2.75) is 13.1 Å². The molecule has 0 unspecified atom stereocenters. The Labute approximate surface area is 140 Å². The van der Waals surface area contributed by atoms with Crippen molar-refractivity contribution in [2.24, 2.45) is 0 Å². The van der Waals surface area contributed by atoms with Crippen LogP contribution in [0.25, 0.3) is 33.1 Å². The lowest BCUT2D eigenvalue weighted by Crippen LogP contribution is -2.49. The smallest absolute Gasteiger partial charge is 0.143 e. The van der Waals surface area contributed by atoms with Crippen molar-refractivity contribution in [3.8, 4) is 11.1 Å². The minimum Gasteiger partial charge on any atom is -0.455 e. The van der Waals surface area contributed by atoms with Crippen molar-refractivity contribution in [1.82, 2.24) is 0 Å². The Bertz CT molecular complexity index is 1110. The zero-order chi connectivity index (χ0) is 15.8. The highest BCUT2D eigenvalue weighted by Gasteiger charge is 2.39. The molecule has 1 aliphatic rings. The monoisotopic (exact) mass is 334 g/mol. The van der Waals surface area contributed by atoms with Gasteiger partial charge in [-0.1, -0.05) is 61.1 Å². The van der Waals surface area contributed by atoms with Crippen LogP contribution >= 0.6 is 11.6 Å². The Morgan fingerprint density at radius 1 is 0.870 bits per heavy atom. The van der Waals surface area contributed by atoms with Crippen LogP contribution in [-0.4, -0.2) is 8.07 Å². The number of fused-ring (bicyclic) bond motifs is 7. The minimum atomic E-state index is -1.64. The summed E-state index contributed by atoms with van der Waals surface area (Å²) in [6, 6.07) is 19.1. The van der Waals surface area contributed by atoms with E-state index in [0.717, 1.165) is 27.0 Å². The summed E-state index contributed by atoms with van der Waals surface area (Å²) in [5.41, 5.74) is 4.55. The molecule has 0 fully saturated rings. The van der Waals surface area contributed by atoms with Crippen LogP contribution in [0.15, 0.2) is 59.0 Å². The van der Waals surface area contributed by atoms with Gasteiger partial charge in [-0.15, -0.1) is 0 Å². The predicted octanol–water partition coefficient (Wildman–Crippen LogP) is 5.04. The van der Waals surface area contributed by atoms with Gasteiger partial charge in [0.2, 0.25) is 0 Å². The summed E-state index contributed by atoms with van der Waals surface area (Å²) in [7, 11) is -1.64. The molecule has 0 atom stereocenters. The zero-order valence-electron chi connectivity index (χ0n) is 13.0. The molecule has 0 radical (unpaired) electrons. The van der Waals surface area contributed by atoms with E-state index in [9.17, 15) is 0 Å². The Balaban J connectivity index is 1.99. The third-order valence-electron chi connectivity index (χ3n) is 5.14. The van der Waals surface area contributed by atoms with Crippen LogP contribution < -0.4 is 10.4 Å². The van der Waals surface area contributed by atoms with Gasteiger partial charge in [-0.2, -0.15) is 0 Å². The highest BCUT2D eigenvalue weighted by atomic mass is 35.5. The third-order valence-corrected chi connectivity index (χ3v) is 8.93. The Morgan fingerprint density at radius 2 is 1.70 bits per heavy atom. The van der Waals surface area contributed by atoms with Gasteiger partial charge in [0.25, 0.3) is 0 Å². The fourth-order valence-corrected chi connectivity index (χ4v) is 7.22. The van der Waals surface area contributed by atoms with Gasteiger partial charge in [-0.3, -0.25) is 0 Å². The van der Waals surface area contributed by atoms with Crippen molar-refractivity contribution >= 4 is 52.0 Å². The van der Waals surface area contributed by atoms with E-state index in [4.69, 9.17) is 16.0 Å². The molecule has 1 aromatic heterocycles. The van der Waals surface area contributed by atoms with Gasteiger partial charge in [0.05, 0.1) is 0 Å². The Kier molecular flexibility index (Phi) is 2.50. The first kappa shape index (κ1) is 13.4. The van der Waals surface area contributed by atoms with Gasteiger partial charge >= 0.3 is 0 Å². The van der Waals surface area contributed by atoms with Gasteiger partial charge in [0, 0.05) is 21.4 Å². The second-order valence-corrected chi connectivity index (χ2v) is 11.5. The van der Waals surface area contributed by atoms with E-state index in [2.05, 4.69) is 49.5 Å². The number of furan rings is 1. The average Bonchev–Trinajstić information content (AvgIpc) is 3.02. The molecule has 0 saturated carbocycles. The van der Waals surface area contributed by atoms with Crippen LogP contribution in [0.2, 0.25) is 18.1 Å². The second kappa shape index (κ2) is 4.28. The Morgan fingerprint density at radius 3 is 2.57 bits per heavy atom. The molecular formula is C20H15ClOSi. The van der Waals surface area contributed by atoms with Crippen molar-refractivity contribution < 1.29 is 4.42 Å². The van der Waals surface area contributed by atoms with Gasteiger partial charge in [-0.25, -0.2) is 0 Å². The normalized spacial score (nSPS) is 15.1. The molecule has 3 aromatic carbocycles. The number of halogens is 1. The Hall–Kier alpha value is -2.03. The van der Waals surface area contributed by atoms with Crippen molar-refractivity contribution in [2.75, 3.05) is 0 Å². The average molecular weight is 335 g/mol. The summed E-state index contributed by atoms with van der Waals surface area (Å²) in [4.78, 5) is 0. The SMILES string of the molecule is C[Si]1(C)c2ccccc2-c2c1ccc1c2oc2ccc(Cl)cc21. The topological polar surface area (TPSA) is 13.1 Å². The van der Waals surface area contributed by atoms with Crippen LogP contribution in [-0.2, 0) is 0 Å². The van der Waals surface area contributed by atoms with Gasteiger partial charge in [0.1, 0.15) is 19.2 Å². The highest BCUT2D eigenvalue weighted by molar-refractivity contribution is 7.04. The summed E-state index contributed by atoms with van der Waals surface area (Å²) in [6.07, 6.45) is 0. The van der Waals surface area contributed by atoms with Crippen molar-refractivity contribution in [3.63, 3.8) is 0 Å². The lowest BCUT2D eigenvalue weighted by molar-refractivity contribution is 0.670. The maximum Gasteiger partial charge on any atom is 0.143 e. The molecular weight excluding hydrogens is 320 g/mol. The molecule has 4 aromatic rings. The molecule has 0 aliphatic carbocycles. The lowest BCUT2D eigenvalue weighted by Gasteiger charge is -2.18. The third kappa shape index (κ3) is 1.63. The van der Waals surface area contributed by atoms with Gasteiger partial charge in [-0.05, 0) is 34.1 Å². The molecule has 5 rings (SSSR count). The molecule has 3 heteroatoms. The molecule has 0 bridgehead atoms. The first-order chi connectivity index (χ1) is 11.1. The van der Waals surface area contributed by atoms with Crippen molar-refractivity contribution in [1.29, 1.82) is 0 Å². The quantitative estimate of drug-likeness (QED) is 0.410. The molecule has 112 valence electrons. The summed E-state index contributed by atoms with van der Waals surface area (Å²) < 4.78 is 6.26. The van der Waals surface area contributed by atoms with E-state index in [-0.39, 0.29) is 0 Å². The first-order valence-electron chi connectivity index (χ1n) is 7.82. The van der Waals surface area contributed by atoms with E-state index >= 15 is 0 Å². The van der Waals surface area contributed by atoms with Crippen LogP contribution in [0.4, 0.5) is 0 Å². The van der Waals surface area contributed by atoms with Crippen LogP contribution in [0.1, 0.15) is 0 Å². The molecule has 0 amide bonds. The standard InChI is InChI=1S/C20H15ClOSi/c1-23(2)17-6-4-3-5-14(17)19-18(23)10-8-13-15-11-12(21)7-9-16(15)22-20(13)19/h3-11H,1-2H3. The van der Waals surface area contributed by atoms with E-state index in [0.29, 0.717) is 0 Å². The first-order valence-corrected chi connectivity index (χ1v) is 11.2. The fraction of sp³-hybridized carbons (Fsp3) is 0.100. The maximum atomic E-state index is 6.26. The van der Waals surface area contributed by atoms with E-state index in [1.54, 1.807) is 0 Å². The molecule has 0 spiro atoms. The molecule has 2 heterocycles. The summed E-state index contributed by atoms with van der Waals surface area (Å²) >= 11 is 6.18. The van der Waals surface area contributed by atoms with Gasteiger partial charge < -0.3 is 4.42 Å². The summed E-state index contributed by atoms with van der Waals surface area (Å²) in [5, 5.41) is 5.97. The minimum absolute atomic E-state index is 0.746. The summed E-state index contributed by atoms with van der Waals surface area (Å²) in [5.74, 6) is 0. The van der Waals surface area contributed by atoms with Crippen LogP contribution in [0.3, 0.4) is 0 Å².